The molecular weight excluding hydrogens is 298 g/mol. The minimum absolute atomic E-state index is 0.209. The van der Waals surface area contributed by atoms with Crippen molar-refractivity contribution in [1.29, 1.82) is 0 Å². The lowest BCUT2D eigenvalue weighted by molar-refractivity contribution is -0.155. The van der Waals surface area contributed by atoms with E-state index in [0.29, 0.717) is 0 Å². The van der Waals surface area contributed by atoms with Gasteiger partial charge in [0.1, 0.15) is 23.4 Å². The number of carbonyl (C=O) groups is 3. The molecule has 1 aliphatic rings. The highest BCUT2D eigenvalue weighted by atomic mass is 19.1. The summed E-state index contributed by atoms with van der Waals surface area (Å²) in [6.45, 7) is 1.27. The lowest BCUT2D eigenvalue weighted by Gasteiger charge is -2.16. The number of benzene rings is 1. The molecular formula is C14H14F2N2O4. The summed E-state index contributed by atoms with van der Waals surface area (Å²) in [5, 5.41) is 4.43. The molecule has 118 valence electrons. The summed E-state index contributed by atoms with van der Waals surface area (Å²) in [6, 6.07) is 2.34. The molecule has 1 aromatic rings. The highest BCUT2D eigenvalue weighted by Crippen LogP contribution is 2.18. The van der Waals surface area contributed by atoms with Crippen LogP contribution in [-0.2, 0) is 19.1 Å². The first-order chi connectivity index (χ1) is 10.4. The van der Waals surface area contributed by atoms with Crippen molar-refractivity contribution in [2.24, 2.45) is 0 Å². The Morgan fingerprint density at radius 3 is 2.55 bits per heavy atom. The van der Waals surface area contributed by atoms with Crippen LogP contribution in [0.4, 0.5) is 14.5 Å². The van der Waals surface area contributed by atoms with E-state index in [4.69, 9.17) is 4.74 Å². The van der Waals surface area contributed by atoms with Crippen molar-refractivity contribution in [2.75, 3.05) is 5.32 Å². The molecule has 2 rings (SSSR count). The molecule has 0 aromatic heterocycles. The number of para-hydroxylation sites is 1. The van der Waals surface area contributed by atoms with Gasteiger partial charge in [-0.25, -0.2) is 13.6 Å². The van der Waals surface area contributed by atoms with E-state index in [-0.39, 0.29) is 18.7 Å². The summed E-state index contributed by atoms with van der Waals surface area (Å²) in [4.78, 5) is 34.6. The van der Waals surface area contributed by atoms with Crippen molar-refractivity contribution in [1.82, 2.24) is 5.32 Å². The summed E-state index contributed by atoms with van der Waals surface area (Å²) in [6.07, 6.45) is -0.765. The van der Waals surface area contributed by atoms with Crippen molar-refractivity contribution < 1.29 is 27.9 Å². The van der Waals surface area contributed by atoms with Gasteiger partial charge in [0.25, 0.3) is 5.91 Å². The van der Waals surface area contributed by atoms with E-state index in [2.05, 4.69) is 5.32 Å². The van der Waals surface area contributed by atoms with E-state index >= 15 is 0 Å². The average molecular weight is 312 g/mol. The molecule has 0 bridgehead atoms. The van der Waals surface area contributed by atoms with Crippen LogP contribution in [-0.4, -0.2) is 29.9 Å². The van der Waals surface area contributed by atoms with Crippen LogP contribution in [0.3, 0.4) is 0 Å². The van der Waals surface area contributed by atoms with Gasteiger partial charge in [0.2, 0.25) is 5.91 Å². The van der Waals surface area contributed by atoms with Gasteiger partial charge < -0.3 is 15.4 Å². The fraction of sp³-hybridized carbons (Fsp3) is 0.357. The third kappa shape index (κ3) is 3.57. The monoisotopic (exact) mass is 312 g/mol. The molecule has 2 atom stereocenters. The molecule has 1 aliphatic heterocycles. The van der Waals surface area contributed by atoms with Gasteiger partial charge in [0, 0.05) is 6.42 Å². The van der Waals surface area contributed by atoms with E-state index in [1.807, 2.05) is 5.32 Å². The molecule has 0 unspecified atom stereocenters. The maximum atomic E-state index is 13.4. The van der Waals surface area contributed by atoms with Gasteiger partial charge in [-0.2, -0.15) is 0 Å². The van der Waals surface area contributed by atoms with Crippen LogP contribution in [0.15, 0.2) is 18.2 Å². The number of halogens is 2. The zero-order chi connectivity index (χ0) is 16.3. The number of carbonyl (C=O) groups excluding carboxylic acids is 3. The number of nitrogens with one attached hydrogen (secondary N) is 2. The number of esters is 1. The van der Waals surface area contributed by atoms with Crippen LogP contribution >= 0.6 is 0 Å². The first-order valence-corrected chi connectivity index (χ1v) is 6.63. The Hall–Kier alpha value is -2.51. The van der Waals surface area contributed by atoms with Crippen LogP contribution in [0.1, 0.15) is 19.8 Å². The lowest BCUT2D eigenvalue weighted by Crippen LogP contribution is -2.39. The zero-order valence-electron chi connectivity index (χ0n) is 11.7. The SMILES string of the molecule is C[C@@H](OC(=O)[C@@H]1CCC(=O)N1)C(=O)Nc1c(F)cccc1F. The van der Waals surface area contributed by atoms with Gasteiger partial charge in [-0.3, -0.25) is 9.59 Å². The number of amides is 2. The quantitative estimate of drug-likeness (QED) is 0.816. The Morgan fingerprint density at radius 2 is 2.00 bits per heavy atom. The van der Waals surface area contributed by atoms with E-state index in [1.165, 1.54) is 6.92 Å². The normalized spacial score (nSPS) is 18.5. The number of ether oxygens (including phenoxy) is 1. The molecule has 1 heterocycles. The standard InChI is InChI=1S/C14H14F2N2O4/c1-7(22-14(21)10-5-6-11(19)17-10)13(20)18-12-8(15)3-2-4-9(12)16/h2-4,7,10H,5-6H2,1H3,(H,17,19)(H,18,20)/t7-,10+/m1/s1. The van der Waals surface area contributed by atoms with Crippen LogP contribution in [0.5, 0.6) is 0 Å². The third-order valence-corrected chi connectivity index (χ3v) is 3.15. The topological polar surface area (TPSA) is 84.5 Å². The largest absolute Gasteiger partial charge is 0.451 e. The summed E-state index contributed by atoms with van der Waals surface area (Å²) in [7, 11) is 0. The molecule has 2 N–H and O–H groups in total. The summed E-state index contributed by atoms with van der Waals surface area (Å²) >= 11 is 0. The molecule has 0 aliphatic carbocycles. The van der Waals surface area contributed by atoms with Gasteiger partial charge in [0.15, 0.2) is 6.10 Å². The number of anilines is 1. The fourth-order valence-electron chi connectivity index (χ4n) is 1.94. The van der Waals surface area contributed by atoms with Crippen LogP contribution in [0.2, 0.25) is 0 Å². The van der Waals surface area contributed by atoms with Gasteiger partial charge in [-0.05, 0) is 25.5 Å². The number of hydrogen-bond donors (Lipinski definition) is 2. The first kappa shape index (κ1) is 15.9. The smallest absolute Gasteiger partial charge is 0.329 e. The predicted molar refractivity (Wildman–Crippen MR) is 71.7 cm³/mol. The van der Waals surface area contributed by atoms with Crippen molar-refractivity contribution in [3.05, 3.63) is 29.8 Å². The van der Waals surface area contributed by atoms with E-state index in [1.54, 1.807) is 0 Å². The molecule has 1 saturated heterocycles. The van der Waals surface area contributed by atoms with Gasteiger partial charge in [-0.15, -0.1) is 0 Å². The zero-order valence-corrected chi connectivity index (χ0v) is 11.7. The highest BCUT2D eigenvalue weighted by molar-refractivity contribution is 5.96. The Kier molecular flexibility index (Phi) is 4.69. The number of hydrogen-bond acceptors (Lipinski definition) is 4. The second-order valence-corrected chi connectivity index (χ2v) is 4.82. The van der Waals surface area contributed by atoms with Crippen molar-refractivity contribution in [2.45, 2.75) is 31.9 Å². The third-order valence-electron chi connectivity index (χ3n) is 3.15. The minimum Gasteiger partial charge on any atom is -0.451 e. The molecule has 2 amide bonds. The predicted octanol–water partition coefficient (Wildman–Crippen LogP) is 1.11. The molecule has 1 fully saturated rings. The molecule has 0 spiro atoms. The summed E-state index contributed by atoms with van der Waals surface area (Å²) in [5.74, 6) is -3.78. The first-order valence-electron chi connectivity index (χ1n) is 6.63. The second-order valence-electron chi connectivity index (χ2n) is 4.82. The van der Waals surface area contributed by atoms with Crippen molar-refractivity contribution in [3.8, 4) is 0 Å². The molecule has 0 radical (unpaired) electrons. The van der Waals surface area contributed by atoms with Crippen LogP contribution < -0.4 is 10.6 Å². The molecule has 6 nitrogen and oxygen atoms in total. The van der Waals surface area contributed by atoms with E-state index in [0.717, 1.165) is 18.2 Å². The van der Waals surface area contributed by atoms with Gasteiger partial charge in [-0.1, -0.05) is 6.07 Å². The second kappa shape index (κ2) is 6.50. The average Bonchev–Trinajstić information content (AvgIpc) is 2.89. The maximum Gasteiger partial charge on any atom is 0.329 e. The molecule has 8 heteroatoms. The van der Waals surface area contributed by atoms with Crippen molar-refractivity contribution >= 4 is 23.5 Å². The van der Waals surface area contributed by atoms with Gasteiger partial charge in [0.05, 0.1) is 0 Å². The molecule has 1 aromatic carbocycles. The summed E-state index contributed by atoms with van der Waals surface area (Å²) in [5.41, 5.74) is -0.607. The highest BCUT2D eigenvalue weighted by Gasteiger charge is 2.31. The summed E-state index contributed by atoms with van der Waals surface area (Å²) < 4.78 is 31.7. The minimum atomic E-state index is -1.26. The Bertz CT molecular complexity index is 601. The van der Waals surface area contributed by atoms with Crippen molar-refractivity contribution in [3.63, 3.8) is 0 Å². The van der Waals surface area contributed by atoms with Crippen LogP contribution in [0.25, 0.3) is 0 Å². The van der Waals surface area contributed by atoms with E-state index < -0.39 is 41.3 Å². The van der Waals surface area contributed by atoms with E-state index in [9.17, 15) is 23.2 Å². The Balaban J connectivity index is 1.95. The Morgan fingerprint density at radius 1 is 1.36 bits per heavy atom. The fourth-order valence-corrected chi connectivity index (χ4v) is 1.94. The van der Waals surface area contributed by atoms with Gasteiger partial charge >= 0.3 is 5.97 Å². The number of rotatable bonds is 4. The Labute approximate surface area is 124 Å². The molecule has 0 saturated carbocycles. The lowest BCUT2D eigenvalue weighted by atomic mass is 10.2. The van der Waals surface area contributed by atoms with Crippen LogP contribution in [0, 0.1) is 11.6 Å². The molecule has 22 heavy (non-hydrogen) atoms. The maximum absolute atomic E-state index is 13.4.